The Bertz CT molecular complexity index is 472. The lowest BCUT2D eigenvalue weighted by molar-refractivity contribution is -0.392. The van der Waals surface area contributed by atoms with Crippen molar-refractivity contribution in [1.82, 2.24) is 14.5 Å². The molecule has 7 nitrogen and oxygen atoms in total. The van der Waals surface area contributed by atoms with E-state index in [-0.39, 0.29) is 11.7 Å². The van der Waals surface area contributed by atoms with Crippen LogP contribution < -0.4 is 0 Å². The van der Waals surface area contributed by atoms with E-state index in [0.717, 1.165) is 32.2 Å². The summed E-state index contributed by atoms with van der Waals surface area (Å²) in [6, 6.07) is 0. The molecular formula is C12H18N4O3. The molecule has 0 aromatic carbocycles. The fourth-order valence-corrected chi connectivity index (χ4v) is 2.53. The number of nitrogens with zero attached hydrogens (tertiary/aromatic N) is 4. The van der Waals surface area contributed by atoms with Crippen LogP contribution in [0.2, 0.25) is 0 Å². The summed E-state index contributed by atoms with van der Waals surface area (Å²) in [5, 5.41) is 10.9. The lowest BCUT2D eigenvalue weighted by atomic mass is 10.00. The number of rotatable bonds is 5. The summed E-state index contributed by atoms with van der Waals surface area (Å²) in [4.78, 5) is 27.4. The average molecular weight is 266 g/mol. The highest BCUT2D eigenvalue weighted by Crippen LogP contribution is 2.16. The SMILES string of the molecule is Cc1ncc([N+](=O)[O-])n1CCN1CCCC(C=O)C1. The van der Waals surface area contributed by atoms with Gasteiger partial charge in [-0.25, -0.2) is 9.55 Å². The van der Waals surface area contributed by atoms with Gasteiger partial charge in [0.2, 0.25) is 0 Å². The van der Waals surface area contributed by atoms with Crippen molar-refractivity contribution in [2.24, 2.45) is 5.92 Å². The van der Waals surface area contributed by atoms with Gasteiger partial charge in [0.25, 0.3) is 0 Å². The van der Waals surface area contributed by atoms with Crippen molar-refractivity contribution in [3.8, 4) is 0 Å². The van der Waals surface area contributed by atoms with E-state index in [0.29, 0.717) is 18.9 Å². The molecule has 0 radical (unpaired) electrons. The van der Waals surface area contributed by atoms with E-state index in [1.165, 1.54) is 6.20 Å². The maximum Gasteiger partial charge on any atom is 0.342 e. The zero-order valence-electron chi connectivity index (χ0n) is 11.0. The van der Waals surface area contributed by atoms with Gasteiger partial charge in [0, 0.05) is 25.9 Å². The van der Waals surface area contributed by atoms with Crippen LogP contribution in [0.15, 0.2) is 6.20 Å². The minimum absolute atomic E-state index is 0.0291. The van der Waals surface area contributed by atoms with Crippen LogP contribution in [-0.2, 0) is 11.3 Å². The molecule has 1 saturated heterocycles. The summed E-state index contributed by atoms with van der Waals surface area (Å²) in [5.41, 5.74) is 0. The predicted molar refractivity (Wildman–Crippen MR) is 68.8 cm³/mol. The number of aromatic nitrogens is 2. The van der Waals surface area contributed by atoms with Crippen LogP contribution in [0, 0.1) is 23.0 Å². The minimum atomic E-state index is -0.412. The highest BCUT2D eigenvalue weighted by molar-refractivity contribution is 5.53. The second-order valence-electron chi connectivity index (χ2n) is 4.91. The molecule has 0 saturated carbocycles. The van der Waals surface area contributed by atoms with Crippen LogP contribution >= 0.6 is 0 Å². The van der Waals surface area contributed by atoms with Crippen LogP contribution in [0.5, 0.6) is 0 Å². The van der Waals surface area contributed by atoms with Gasteiger partial charge in [0.1, 0.15) is 19.0 Å². The third-order valence-corrected chi connectivity index (χ3v) is 3.60. The molecule has 1 fully saturated rings. The van der Waals surface area contributed by atoms with Crippen LogP contribution in [0.3, 0.4) is 0 Å². The zero-order valence-corrected chi connectivity index (χ0v) is 11.0. The van der Waals surface area contributed by atoms with E-state index in [2.05, 4.69) is 9.88 Å². The first-order valence-corrected chi connectivity index (χ1v) is 6.46. The molecular weight excluding hydrogens is 248 g/mol. The van der Waals surface area contributed by atoms with Crippen molar-refractivity contribution >= 4 is 12.1 Å². The van der Waals surface area contributed by atoms with Crippen molar-refractivity contribution in [1.29, 1.82) is 0 Å². The molecule has 2 rings (SSSR count). The summed E-state index contributed by atoms with van der Waals surface area (Å²) in [6.07, 6.45) is 4.26. The number of hydrogen-bond acceptors (Lipinski definition) is 5. The Morgan fingerprint density at radius 2 is 2.37 bits per heavy atom. The maximum atomic E-state index is 10.9. The van der Waals surface area contributed by atoms with Gasteiger partial charge in [-0.3, -0.25) is 4.90 Å². The van der Waals surface area contributed by atoms with E-state index in [4.69, 9.17) is 0 Å². The molecule has 7 heteroatoms. The van der Waals surface area contributed by atoms with Crippen molar-refractivity contribution in [2.75, 3.05) is 19.6 Å². The highest BCUT2D eigenvalue weighted by atomic mass is 16.6. The number of carbonyl (C=O) groups is 1. The highest BCUT2D eigenvalue weighted by Gasteiger charge is 2.22. The van der Waals surface area contributed by atoms with Gasteiger partial charge in [0.05, 0.1) is 0 Å². The third kappa shape index (κ3) is 3.17. The van der Waals surface area contributed by atoms with Gasteiger partial charge < -0.3 is 14.9 Å². The van der Waals surface area contributed by atoms with Crippen LogP contribution in [0.1, 0.15) is 18.7 Å². The summed E-state index contributed by atoms with van der Waals surface area (Å²) < 4.78 is 1.62. The number of piperidine rings is 1. The predicted octanol–water partition coefficient (Wildman–Crippen LogP) is 1.01. The van der Waals surface area contributed by atoms with Crippen LogP contribution in [0.25, 0.3) is 0 Å². The lowest BCUT2D eigenvalue weighted by Gasteiger charge is -2.29. The number of hydrogen-bond donors (Lipinski definition) is 0. The van der Waals surface area contributed by atoms with Gasteiger partial charge in [-0.05, 0) is 24.3 Å². The van der Waals surface area contributed by atoms with Crippen molar-refractivity contribution in [3.63, 3.8) is 0 Å². The first-order chi connectivity index (χ1) is 9.11. The molecule has 1 aliphatic rings. The molecule has 0 spiro atoms. The van der Waals surface area contributed by atoms with Crippen molar-refractivity contribution in [3.05, 3.63) is 22.1 Å². The standard InChI is InChI=1S/C12H18N4O3/c1-10-13-7-12(16(18)19)15(10)6-5-14-4-2-3-11(8-14)9-17/h7,9,11H,2-6,8H2,1H3. The van der Waals surface area contributed by atoms with Gasteiger partial charge in [-0.1, -0.05) is 0 Å². The molecule has 2 heterocycles. The van der Waals surface area contributed by atoms with E-state index in [1.54, 1.807) is 11.5 Å². The Balaban J connectivity index is 1.97. The van der Waals surface area contributed by atoms with Crippen LogP contribution in [-0.4, -0.2) is 45.3 Å². The molecule has 1 aliphatic heterocycles. The second-order valence-corrected chi connectivity index (χ2v) is 4.91. The Morgan fingerprint density at radius 1 is 1.58 bits per heavy atom. The summed E-state index contributed by atoms with van der Waals surface area (Å²) in [6.45, 7) is 4.71. The third-order valence-electron chi connectivity index (χ3n) is 3.60. The van der Waals surface area contributed by atoms with Gasteiger partial charge in [-0.2, -0.15) is 0 Å². The minimum Gasteiger partial charge on any atom is -0.358 e. The van der Waals surface area contributed by atoms with Crippen molar-refractivity contribution in [2.45, 2.75) is 26.3 Å². The monoisotopic (exact) mass is 266 g/mol. The topological polar surface area (TPSA) is 81.3 Å². The Hall–Kier alpha value is -1.76. The molecule has 1 unspecified atom stereocenters. The van der Waals surface area contributed by atoms with Gasteiger partial charge >= 0.3 is 5.82 Å². The number of aldehydes is 1. The second kappa shape index (κ2) is 5.92. The lowest BCUT2D eigenvalue weighted by Crippen LogP contribution is -2.38. The number of likely N-dealkylation sites (tertiary alicyclic amines) is 1. The van der Waals surface area contributed by atoms with Crippen LogP contribution in [0.4, 0.5) is 5.82 Å². The molecule has 0 N–H and O–H groups in total. The van der Waals surface area contributed by atoms with E-state index in [1.807, 2.05) is 0 Å². The van der Waals surface area contributed by atoms with Gasteiger partial charge in [-0.15, -0.1) is 0 Å². The first-order valence-electron chi connectivity index (χ1n) is 6.46. The van der Waals surface area contributed by atoms with E-state index in [9.17, 15) is 14.9 Å². The molecule has 0 aliphatic carbocycles. The normalized spacial score (nSPS) is 20.4. The fraction of sp³-hybridized carbons (Fsp3) is 0.667. The molecule has 1 atom stereocenters. The number of carbonyl (C=O) groups excluding carboxylic acids is 1. The molecule has 104 valence electrons. The van der Waals surface area contributed by atoms with E-state index < -0.39 is 4.92 Å². The number of imidazole rings is 1. The summed E-state index contributed by atoms with van der Waals surface area (Å²) >= 11 is 0. The summed E-state index contributed by atoms with van der Waals surface area (Å²) in [7, 11) is 0. The summed E-state index contributed by atoms with van der Waals surface area (Å²) in [5.74, 6) is 0.782. The first kappa shape index (κ1) is 13.7. The number of aryl methyl sites for hydroxylation is 1. The van der Waals surface area contributed by atoms with E-state index >= 15 is 0 Å². The quantitative estimate of drug-likeness (QED) is 0.451. The average Bonchev–Trinajstić information content (AvgIpc) is 2.78. The van der Waals surface area contributed by atoms with Crippen molar-refractivity contribution < 1.29 is 9.72 Å². The largest absolute Gasteiger partial charge is 0.358 e. The Morgan fingerprint density at radius 3 is 3.05 bits per heavy atom. The number of nitro groups is 1. The Labute approximate surface area is 111 Å². The fourth-order valence-electron chi connectivity index (χ4n) is 2.53. The van der Waals surface area contributed by atoms with Gasteiger partial charge in [0.15, 0.2) is 5.82 Å². The molecule has 0 amide bonds. The Kier molecular flexibility index (Phi) is 4.26. The molecule has 19 heavy (non-hydrogen) atoms. The molecule has 1 aromatic heterocycles. The molecule has 1 aromatic rings. The maximum absolute atomic E-state index is 10.9. The molecule has 0 bridgehead atoms. The zero-order chi connectivity index (χ0) is 13.8. The smallest absolute Gasteiger partial charge is 0.342 e.